The Morgan fingerprint density at radius 1 is 0.950 bits per heavy atom. The summed E-state index contributed by atoms with van der Waals surface area (Å²) >= 11 is 0. The lowest BCUT2D eigenvalue weighted by atomic mass is 9.71. The third-order valence-corrected chi connectivity index (χ3v) is 7.08. The van der Waals surface area contributed by atoms with Gasteiger partial charge in [-0.05, 0) is 44.1 Å². The van der Waals surface area contributed by atoms with Crippen LogP contribution in [0.2, 0.25) is 0 Å². The molecule has 0 spiro atoms. The normalized spacial score (nSPS) is 30.9. The monoisotopic (exact) mass is 302 g/mol. The standard InChI is InChI=1S/C15H30N2O2S/c16-11-4-1-5-12-17-20(18,19)15-10-6-8-13-7-2-3-9-14(13)15/h13-15,17H,1-12,16H2. The van der Waals surface area contributed by atoms with E-state index in [1.807, 2.05) is 0 Å². The van der Waals surface area contributed by atoms with E-state index in [2.05, 4.69) is 4.72 Å². The fourth-order valence-electron chi connectivity index (χ4n) is 4.03. The molecular weight excluding hydrogens is 272 g/mol. The molecular formula is C15H30N2O2S. The molecule has 3 atom stereocenters. The summed E-state index contributed by atoms with van der Waals surface area (Å²) in [6.45, 7) is 1.27. The second kappa shape index (κ2) is 7.76. The molecule has 2 aliphatic carbocycles. The quantitative estimate of drug-likeness (QED) is 0.709. The van der Waals surface area contributed by atoms with Gasteiger partial charge >= 0.3 is 0 Å². The molecule has 5 heteroatoms. The highest BCUT2D eigenvalue weighted by Crippen LogP contribution is 2.42. The smallest absolute Gasteiger partial charge is 0.214 e. The molecule has 0 aromatic rings. The van der Waals surface area contributed by atoms with Crippen LogP contribution in [0.15, 0.2) is 0 Å². The van der Waals surface area contributed by atoms with Crippen LogP contribution in [0, 0.1) is 11.8 Å². The molecule has 0 bridgehead atoms. The van der Waals surface area contributed by atoms with Crippen LogP contribution in [0.5, 0.6) is 0 Å². The van der Waals surface area contributed by atoms with E-state index in [1.165, 1.54) is 25.7 Å². The van der Waals surface area contributed by atoms with Crippen molar-refractivity contribution in [1.29, 1.82) is 0 Å². The zero-order valence-corrected chi connectivity index (χ0v) is 13.3. The Hall–Kier alpha value is -0.130. The number of rotatable bonds is 7. The minimum atomic E-state index is -3.12. The van der Waals surface area contributed by atoms with Crippen LogP contribution in [-0.4, -0.2) is 26.8 Å². The molecule has 0 aromatic heterocycles. The molecule has 0 aromatic carbocycles. The third kappa shape index (κ3) is 4.18. The summed E-state index contributed by atoms with van der Waals surface area (Å²) in [6.07, 6.45) is 10.9. The molecule has 2 aliphatic rings. The summed E-state index contributed by atoms with van der Waals surface area (Å²) in [7, 11) is -3.12. The van der Waals surface area contributed by atoms with Gasteiger partial charge in [0, 0.05) is 6.54 Å². The van der Waals surface area contributed by atoms with Gasteiger partial charge in [0.2, 0.25) is 10.0 Å². The lowest BCUT2D eigenvalue weighted by Crippen LogP contribution is -2.45. The fourth-order valence-corrected chi connectivity index (χ4v) is 5.97. The zero-order valence-electron chi connectivity index (χ0n) is 12.5. The van der Waals surface area contributed by atoms with Crippen molar-refractivity contribution >= 4 is 10.0 Å². The van der Waals surface area contributed by atoms with Gasteiger partial charge in [-0.25, -0.2) is 13.1 Å². The van der Waals surface area contributed by atoms with Gasteiger partial charge in [0.25, 0.3) is 0 Å². The molecule has 2 saturated carbocycles. The van der Waals surface area contributed by atoms with Gasteiger partial charge in [0.15, 0.2) is 0 Å². The van der Waals surface area contributed by atoms with Crippen LogP contribution in [0.1, 0.15) is 64.2 Å². The number of sulfonamides is 1. The number of nitrogens with two attached hydrogens (primary N) is 1. The van der Waals surface area contributed by atoms with Crippen LogP contribution in [0.3, 0.4) is 0 Å². The first-order chi connectivity index (χ1) is 9.65. The van der Waals surface area contributed by atoms with E-state index < -0.39 is 10.0 Å². The molecule has 118 valence electrons. The van der Waals surface area contributed by atoms with E-state index >= 15 is 0 Å². The van der Waals surface area contributed by atoms with Crippen molar-refractivity contribution < 1.29 is 8.42 Å². The molecule has 0 heterocycles. The van der Waals surface area contributed by atoms with Crippen LogP contribution in [0.25, 0.3) is 0 Å². The van der Waals surface area contributed by atoms with Crippen LogP contribution < -0.4 is 10.5 Å². The molecule has 4 nitrogen and oxygen atoms in total. The first kappa shape index (κ1) is 16.2. The zero-order chi connectivity index (χ0) is 14.4. The minimum Gasteiger partial charge on any atom is -0.330 e. The van der Waals surface area contributed by atoms with Gasteiger partial charge in [-0.2, -0.15) is 0 Å². The second-order valence-corrected chi connectivity index (χ2v) is 8.45. The van der Waals surface area contributed by atoms with Crippen molar-refractivity contribution in [3.8, 4) is 0 Å². The molecule has 3 N–H and O–H groups in total. The first-order valence-corrected chi connectivity index (χ1v) is 9.88. The number of nitrogens with one attached hydrogen (secondary N) is 1. The Kier molecular flexibility index (Phi) is 6.30. The number of hydrogen-bond donors (Lipinski definition) is 2. The summed E-state index contributed by atoms with van der Waals surface area (Å²) in [5, 5.41) is -0.129. The van der Waals surface area contributed by atoms with Crippen molar-refractivity contribution in [3.63, 3.8) is 0 Å². The highest BCUT2D eigenvalue weighted by atomic mass is 32.2. The average molecular weight is 302 g/mol. The molecule has 3 unspecified atom stereocenters. The minimum absolute atomic E-state index is 0.129. The van der Waals surface area contributed by atoms with Crippen molar-refractivity contribution in [2.45, 2.75) is 69.5 Å². The predicted octanol–water partition coefficient (Wildman–Crippen LogP) is 2.39. The number of hydrogen-bond acceptors (Lipinski definition) is 3. The summed E-state index contributed by atoms with van der Waals surface area (Å²) in [6, 6.07) is 0. The Morgan fingerprint density at radius 3 is 2.50 bits per heavy atom. The molecule has 0 radical (unpaired) electrons. The summed E-state index contributed by atoms with van der Waals surface area (Å²) in [5.74, 6) is 1.08. The predicted molar refractivity (Wildman–Crippen MR) is 82.9 cm³/mol. The highest BCUT2D eigenvalue weighted by molar-refractivity contribution is 7.90. The van der Waals surface area contributed by atoms with Crippen molar-refractivity contribution in [1.82, 2.24) is 4.72 Å². The van der Waals surface area contributed by atoms with Gasteiger partial charge in [0.1, 0.15) is 0 Å². The molecule has 20 heavy (non-hydrogen) atoms. The maximum absolute atomic E-state index is 12.5. The number of fused-ring (bicyclic) bond motifs is 1. The summed E-state index contributed by atoms with van der Waals surface area (Å²) in [4.78, 5) is 0. The van der Waals surface area contributed by atoms with Gasteiger partial charge in [-0.1, -0.05) is 38.5 Å². The van der Waals surface area contributed by atoms with E-state index in [0.717, 1.165) is 38.5 Å². The Bertz CT molecular complexity index is 381. The SMILES string of the molecule is NCCCCCNS(=O)(=O)C1CCCC2CCCCC21. The maximum Gasteiger partial charge on any atom is 0.214 e. The van der Waals surface area contributed by atoms with Gasteiger partial charge in [-0.15, -0.1) is 0 Å². The van der Waals surface area contributed by atoms with Crippen molar-refractivity contribution in [3.05, 3.63) is 0 Å². The molecule has 0 amide bonds. The highest BCUT2D eigenvalue weighted by Gasteiger charge is 2.41. The molecule has 0 aliphatic heterocycles. The largest absolute Gasteiger partial charge is 0.330 e. The Balaban J connectivity index is 1.87. The lowest BCUT2D eigenvalue weighted by Gasteiger charge is -2.40. The van der Waals surface area contributed by atoms with Gasteiger partial charge in [0.05, 0.1) is 5.25 Å². The summed E-state index contributed by atoms with van der Waals surface area (Å²) in [5.41, 5.74) is 5.45. The molecule has 2 rings (SSSR count). The van der Waals surface area contributed by atoms with Crippen molar-refractivity contribution in [2.24, 2.45) is 17.6 Å². The van der Waals surface area contributed by atoms with Gasteiger partial charge < -0.3 is 5.73 Å². The van der Waals surface area contributed by atoms with E-state index in [1.54, 1.807) is 0 Å². The third-order valence-electron chi connectivity index (χ3n) is 5.09. The first-order valence-electron chi connectivity index (χ1n) is 8.33. The average Bonchev–Trinajstić information content (AvgIpc) is 2.46. The van der Waals surface area contributed by atoms with Crippen LogP contribution >= 0.6 is 0 Å². The Morgan fingerprint density at radius 2 is 1.70 bits per heavy atom. The van der Waals surface area contributed by atoms with Crippen molar-refractivity contribution in [2.75, 3.05) is 13.1 Å². The van der Waals surface area contributed by atoms with E-state index in [-0.39, 0.29) is 5.25 Å². The van der Waals surface area contributed by atoms with E-state index in [4.69, 9.17) is 5.73 Å². The van der Waals surface area contributed by atoms with E-state index in [9.17, 15) is 8.42 Å². The lowest BCUT2D eigenvalue weighted by molar-refractivity contribution is 0.173. The topological polar surface area (TPSA) is 72.2 Å². The Labute approximate surface area is 123 Å². The number of unbranched alkanes of at least 4 members (excludes halogenated alkanes) is 2. The van der Waals surface area contributed by atoms with Crippen LogP contribution in [0.4, 0.5) is 0 Å². The molecule has 2 fully saturated rings. The fraction of sp³-hybridized carbons (Fsp3) is 1.00. The van der Waals surface area contributed by atoms with Crippen LogP contribution in [-0.2, 0) is 10.0 Å². The molecule has 0 saturated heterocycles. The summed E-state index contributed by atoms with van der Waals surface area (Å²) < 4.78 is 27.9. The second-order valence-electron chi connectivity index (χ2n) is 6.47. The van der Waals surface area contributed by atoms with Gasteiger partial charge in [-0.3, -0.25) is 0 Å². The van der Waals surface area contributed by atoms with E-state index in [0.29, 0.717) is 24.9 Å². The maximum atomic E-state index is 12.5.